The highest BCUT2D eigenvalue weighted by molar-refractivity contribution is 7.59. The zero-order chi connectivity index (χ0) is 41.9. The number of carbonyl (C=O) groups is 3. The van der Waals surface area contributed by atoms with Gasteiger partial charge >= 0.3 is 17.9 Å². The first-order valence-corrected chi connectivity index (χ1v) is 21.2. The third kappa shape index (κ3) is 5.49. The van der Waals surface area contributed by atoms with Gasteiger partial charge in [-0.3, -0.25) is 19.4 Å². The van der Waals surface area contributed by atoms with Gasteiger partial charge in [0.15, 0.2) is 6.10 Å². The molecular weight excluding hydrogens is 785 g/mol. The number of piperidine rings is 1. The minimum absolute atomic E-state index is 0. The van der Waals surface area contributed by atoms with Gasteiger partial charge in [0.1, 0.15) is 11.2 Å². The van der Waals surface area contributed by atoms with E-state index in [2.05, 4.69) is 39.1 Å². The number of H-pyrrole nitrogens is 1. The normalized spacial score (nSPS) is 36.4. The van der Waals surface area contributed by atoms with E-state index < -0.39 is 57.5 Å². The van der Waals surface area contributed by atoms with Crippen molar-refractivity contribution in [3.63, 3.8) is 0 Å². The maximum Gasteiger partial charge on any atom is 0.344 e. The van der Waals surface area contributed by atoms with Crippen LogP contribution in [0.25, 0.3) is 10.9 Å². The van der Waals surface area contributed by atoms with E-state index in [0.717, 1.165) is 33.4 Å². The number of hydrogen-bond donors (Lipinski definition) is 3. The van der Waals surface area contributed by atoms with Crippen molar-refractivity contribution in [1.29, 1.82) is 0 Å². The molecule has 10 atom stereocenters. The number of para-hydroxylation sites is 1. The van der Waals surface area contributed by atoms with Crippen LogP contribution in [0.5, 0.6) is 5.75 Å². The third-order valence-electron chi connectivity index (χ3n) is 15.6. The molecule has 0 radical (unpaired) electrons. The average molecular weight is 845 g/mol. The standard InChI is InChI=1S/C46H58N4O9.H2S/c1-8-42(54)23-28-24-45(40(52)57-6,36-30(15-19-49(25-28)26-42)29-13-10-11-14-33(29)47-36)32-21-31-34(22-35(32)56-5)48(4)38-44(31)17-20-50-18-12-16-43(9-2,37(44)50)39(59-27(3)51)46(38,55)41(53)58-7;/h10-14,16,21-22,28,37-39,47,54-55H,8-9,15,17-20,23-26H2,1-7H3;1H2/t28-,37-,38+,39+,42-,43+,44+,45-,46-;/m0./s1. The summed E-state index contributed by atoms with van der Waals surface area (Å²) in [5.41, 5.74) is -1.62. The molecule has 1 aromatic heterocycles. The summed E-state index contributed by atoms with van der Waals surface area (Å²) in [6, 6.07) is 11.0. The number of aliphatic hydroxyl groups is 2. The molecule has 1 aliphatic carbocycles. The number of fused-ring (bicyclic) bond motifs is 6. The number of aromatic nitrogens is 1. The Morgan fingerprint density at radius 2 is 1.70 bits per heavy atom. The second kappa shape index (κ2) is 14.8. The summed E-state index contributed by atoms with van der Waals surface area (Å²) in [5, 5.41) is 26.3. The third-order valence-corrected chi connectivity index (χ3v) is 15.6. The molecule has 2 saturated heterocycles. The van der Waals surface area contributed by atoms with Gasteiger partial charge in [-0.25, -0.2) is 4.79 Å². The van der Waals surface area contributed by atoms with E-state index in [1.807, 2.05) is 50.1 Å². The highest BCUT2D eigenvalue weighted by Crippen LogP contribution is 2.68. The number of nitrogens with one attached hydrogen (secondary N) is 1. The van der Waals surface area contributed by atoms with Crippen molar-refractivity contribution in [2.45, 2.75) is 99.5 Å². The molecule has 1 spiro atoms. The maximum absolute atomic E-state index is 15.3. The predicted molar refractivity (Wildman–Crippen MR) is 231 cm³/mol. The number of ether oxygens (including phenoxy) is 4. The molecule has 2 bridgehead atoms. The monoisotopic (exact) mass is 844 g/mol. The number of hydrogen-bond acceptors (Lipinski definition) is 12. The van der Waals surface area contributed by atoms with Crippen LogP contribution in [-0.4, -0.2) is 133 Å². The summed E-state index contributed by atoms with van der Waals surface area (Å²) in [7, 11) is 6.15. The van der Waals surface area contributed by atoms with Crippen molar-refractivity contribution in [3.8, 4) is 5.75 Å². The lowest BCUT2D eigenvalue weighted by atomic mass is 9.47. The fourth-order valence-corrected chi connectivity index (χ4v) is 13.5. The van der Waals surface area contributed by atoms with Crippen LogP contribution >= 0.6 is 13.5 Å². The minimum Gasteiger partial charge on any atom is -0.496 e. The topological polar surface area (TPSA) is 154 Å². The molecule has 6 heterocycles. The van der Waals surface area contributed by atoms with Crippen LogP contribution in [0.1, 0.15) is 75.3 Å². The predicted octanol–water partition coefficient (Wildman–Crippen LogP) is 4.10. The summed E-state index contributed by atoms with van der Waals surface area (Å²) in [6.07, 6.45) is 5.94. The lowest BCUT2D eigenvalue weighted by molar-refractivity contribution is -0.228. The van der Waals surface area contributed by atoms with E-state index in [1.165, 1.54) is 21.1 Å². The van der Waals surface area contributed by atoms with Crippen molar-refractivity contribution < 1.29 is 43.5 Å². The van der Waals surface area contributed by atoms with Gasteiger partial charge in [-0.05, 0) is 74.2 Å². The number of anilines is 1. The molecule has 3 fully saturated rings. The minimum atomic E-state index is -2.30. The summed E-state index contributed by atoms with van der Waals surface area (Å²) in [4.78, 5) is 53.2. The lowest BCUT2D eigenvalue weighted by Crippen LogP contribution is -2.81. The quantitative estimate of drug-likeness (QED) is 0.178. The number of rotatable bonds is 7. The van der Waals surface area contributed by atoms with Crippen molar-refractivity contribution in [1.82, 2.24) is 14.8 Å². The SMILES string of the molecule is CC[C@]1(O)C[C@@H]2CN(CCc3c([nH]c4ccccc34)[C@@](C(=O)OC)(c3cc4c(cc3OC)N(C)[C@H]3[C@@](O)(C(=O)OC)[C@H](OC(C)=O)[C@]5(CC)C=CCN6CC[C@]43[C@@H]65)C2)C1.S. The van der Waals surface area contributed by atoms with Gasteiger partial charge in [-0.2, -0.15) is 13.5 Å². The Kier molecular flexibility index (Phi) is 10.5. The molecule has 5 aliphatic heterocycles. The number of benzene rings is 2. The van der Waals surface area contributed by atoms with Gasteiger partial charge in [0.25, 0.3) is 0 Å². The first-order valence-electron chi connectivity index (χ1n) is 21.2. The summed E-state index contributed by atoms with van der Waals surface area (Å²) >= 11 is 0. The molecule has 60 heavy (non-hydrogen) atoms. The van der Waals surface area contributed by atoms with Gasteiger partial charge in [0.2, 0.25) is 5.60 Å². The molecule has 9 rings (SSSR count). The van der Waals surface area contributed by atoms with Crippen LogP contribution < -0.4 is 9.64 Å². The van der Waals surface area contributed by atoms with E-state index in [9.17, 15) is 19.8 Å². The molecule has 1 unspecified atom stereocenters. The number of esters is 3. The zero-order valence-electron chi connectivity index (χ0n) is 35.8. The molecule has 6 aliphatic rings. The van der Waals surface area contributed by atoms with Crippen molar-refractivity contribution in [2.24, 2.45) is 11.3 Å². The summed E-state index contributed by atoms with van der Waals surface area (Å²) in [5.74, 6) is -1.56. The number of aromatic amines is 1. The Bertz CT molecular complexity index is 2260. The number of likely N-dealkylation sites (N-methyl/N-ethyl adjacent to an activating group) is 1. The number of nitrogens with zero attached hydrogens (tertiary/aromatic N) is 3. The average Bonchev–Trinajstić information content (AvgIpc) is 3.90. The summed E-state index contributed by atoms with van der Waals surface area (Å²) < 4.78 is 23.9. The molecule has 0 amide bonds. The van der Waals surface area contributed by atoms with E-state index in [0.29, 0.717) is 82.6 Å². The van der Waals surface area contributed by atoms with Crippen LogP contribution in [0.3, 0.4) is 0 Å². The van der Waals surface area contributed by atoms with Crippen LogP contribution in [0, 0.1) is 11.3 Å². The Morgan fingerprint density at radius 1 is 0.950 bits per heavy atom. The molecular formula is C46H60N4O9S. The second-order valence-corrected chi connectivity index (χ2v) is 18.2. The Labute approximate surface area is 358 Å². The molecule has 3 N–H and O–H groups in total. The molecule has 13 nitrogen and oxygen atoms in total. The fourth-order valence-electron chi connectivity index (χ4n) is 13.5. The van der Waals surface area contributed by atoms with Gasteiger partial charge in [0, 0.05) is 90.9 Å². The van der Waals surface area contributed by atoms with Crippen molar-refractivity contribution in [3.05, 3.63) is 70.9 Å². The van der Waals surface area contributed by atoms with E-state index in [1.54, 1.807) is 7.11 Å². The Balaban J connectivity index is 0.00000499. The second-order valence-electron chi connectivity index (χ2n) is 18.2. The van der Waals surface area contributed by atoms with Crippen molar-refractivity contribution in [2.75, 3.05) is 66.0 Å². The van der Waals surface area contributed by atoms with Crippen molar-refractivity contribution >= 4 is 48.0 Å². The fraction of sp³-hybridized carbons (Fsp3) is 0.587. The number of carbonyl (C=O) groups excluding carboxylic acids is 3. The largest absolute Gasteiger partial charge is 0.496 e. The Morgan fingerprint density at radius 3 is 2.38 bits per heavy atom. The van der Waals surface area contributed by atoms with Crippen LogP contribution in [0.15, 0.2) is 48.6 Å². The van der Waals surface area contributed by atoms with E-state index in [4.69, 9.17) is 18.9 Å². The molecule has 1 saturated carbocycles. The lowest BCUT2D eigenvalue weighted by Gasteiger charge is -2.63. The van der Waals surface area contributed by atoms with Crippen LogP contribution in [-0.2, 0) is 45.8 Å². The maximum atomic E-state index is 15.3. The molecule has 324 valence electrons. The molecule has 14 heteroatoms. The van der Waals surface area contributed by atoms with Gasteiger partial charge in [-0.15, -0.1) is 0 Å². The van der Waals surface area contributed by atoms with Gasteiger partial charge < -0.3 is 39.0 Å². The van der Waals surface area contributed by atoms with Gasteiger partial charge in [0.05, 0.1) is 33.0 Å². The first-order chi connectivity index (χ1) is 28.2. The van der Waals surface area contributed by atoms with Gasteiger partial charge in [-0.1, -0.05) is 44.2 Å². The zero-order valence-corrected chi connectivity index (χ0v) is 36.8. The highest BCUT2D eigenvalue weighted by Gasteiger charge is 2.80. The molecule has 2 aromatic carbocycles. The summed E-state index contributed by atoms with van der Waals surface area (Å²) in [6.45, 7) is 8.62. The Hall–Kier alpha value is -4.08. The smallest absolute Gasteiger partial charge is 0.344 e. The van der Waals surface area contributed by atoms with E-state index in [-0.39, 0.29) is 25.5 Å². The molecule has 3 aromatic rings. The van der Waals surface area contributed by atoms with Crippen LogP contribution in [0.2, 0.25) is 0 Å². The highest BCUT2D eigenvalue weighted by atomic mass is 32.1. The number of methoxy groups -OCH3 is 3. The first kappa shape index (κ1) is 42.6. The van der Waals surface area contributed by atoms with Crippen LogP contribution in [0.4, 0.5) is 5.69 Å². The van der Waals surface area contributed by atoms with E-state index >= 15 is 4.79 Å².